The van der Waals surface area contributed by atoms with E-state index in [2.05, 4.69) is 0 Å². The van der Waals surface area contributed by atoms with Gasteiger partial charge >= 0.3 is 0 Å². The molecule has 0 aromatic carbocycles. The third-order valence-electron chi connectivity index (χ3n) is 2.88. The van der Waals surface area contributed by atoms with Crippen molar-refractivity contribution in [1.82, 2.24) is 0 Å². The van der Waals surface area contributed by atoms with Crippen LogP contribution in [0.5, 0.6) is 0 Å². The highest BCUT2D eigenvalue weighted by Crippen LogP contribution is 2.50. The Morgan fingerprint density at radius 2 is 2.38 bits per heavy atom. The molecule has 1 aromatic rings. The van der Waals surface area contributed by atoms with Gasteiger partial charge in [0.25, 0.3) is 0 Å². The summed E-state index contributed by atoms with van der Waals surface area (Å²) < 4.78 is 0.747. The molecule has 0 aliphatic heterocycles. The lowest BCUT2D eigenvalue weighted by atomic mass is 9.88. The number of halogens is 1. The zero-order valence-corrected chi connectivity index (χ0v) is 9.16. The van der Waals surface area contributed by atoms with Gasteiger partial charge in [-0.3, -0.25) is 0 Å². The largest absolute Gasteiger partial charge is 0.385 e. The summed E-state index contributed by atoms with van der Waals surface area (Å²) in [4.78, 5) is 0. The summed E-state index contributed by atoms with van der Waals surface area (Å²) in [5.74, 6) is 0.435. The SMILES string of the molecule is CCC(O)(c1ccsc1Cl)C1CC1. The van der Waals surface area contributed by atoms with Gasteiger partial charge in [0, 0.05) is 5.56 Å². The van der Waals surface area contributed by atoms with Gasteiger partial charge in [0.05, 0.1) is 9.94 Å². The molecule has 1 nitrogen and oxygen atoms in total. The van der Waals surface area contributed by atoms with Crippen LogP contribution in [0.4, 0.5) is 0 Å². The molecule has 1 atom stereocenters. The summed E-state index contributed by atoms with van der Waals surface area (Å²) in [7, 11) is 0. The maximum atomic E-state index is 10.4. The number of hydrogen-bond acceptors (Lipinski definition) is 2. The third kappa shape index (κ3) is 1.51. The van der Waals surface area contributed by atoms with Crippen molar-refractivity contribution in [3.05, 3.63) is 21.3 Å². The summed E-state index contributed by atoms with van der Waals surface area (Å²) in [5.41, 5.74) is 0.279. The molecule has 13 heavy (non-hydrogen) atoms. The summed E-state index contributed by atoms with van der Waals surface area (Å²) >= 11 is 7.53. The molecule has 0 amide bonds. The van der Waals surface area contributed by atoms with E-state index in [1.807, 2.05) is 18.4 Å². The first kappa shape index (κ1) is 9.50. The first-order chi connectivity index (χ1) is 6.18. The van der Waals surface area contributed by atoms with E-state index in [9.17, 15) is 5.11 Å². The predicted octanol–water partition coefficient (Wildman–Crippen LogP) is 3.41. The molecule has 0 spiro atoms. The van der Waals surface area contributed by atoms with Crippen LogP contribution < -0.4 is 0 Å². The molecule has 0 radical (unpaired) electrons. The van der Waals surface area contributed by atoms with Crippen molar-refractivity contribution in [3.8, 4) is 0 Å². The quantitative estimate of drug-likeness (QED) is 0.821. The zero-order chi connectivity index (χ0) is 9.47. The average molecular weight is 217 g/mol. The van der Waals surface area contributed by atoms with Gasteiger partial charge in [-0.15, -0.1) is 11.3 Å². The minimum atomic E-state index is -0.656. The number of aliphatic hydroxyl groups is 1. The standard InChI is InChI=1S/C10H13ClOS/c1-2-10(12,7-3-4-7)8-5-6-13-9(8)11/h5-7,12H,2-4H2,1H3. The molecule has 1 aromatic heterocycles. The number of thiophene rings is 1. The molecule has 1 aliphatic carbocycles. The van der Waals surface area contributed by atoms with Crippen LogP contribution in [0.15, 0.2) is 11.4 Å². The molecule has 2 rings (SSSR count). The molecule has 72 valence electrons. The molecular weight excluding hydrogens is 204 g/mol. The van der Waals surface area contributed by atoms with Gasteiger partial charge in [-0.2, -0.15) is 0 Å². The van der Waals surface area contributed by atoms with Crippen molar-refractivity contribution in [3.63, 3.8) is 0 Å². The summed E-state index contributed by atoms with van der Waals surface area (Å²) in [6, 6.07) is 1.95. The van der Waals surface area contributed by atoms with Gasteiger partial charge in [-0.25, -0.2) is 0 Å². The van der Waals surface area contributed by atoms with Crippen LogP contribution in [0.25, 0.3) is 0 Å². The second-order valence-electron chi connectivity index (χ2n) is 3.66. The Kier molecular flexibility index (Phi) is 2.39. The minimum Gasteiger partial charge on any atom is -0.385 e. The molecule has 1 saturated carbocycles. The van der Waals surface area contributed by atoms with Gasteiger partial charge in [0.15, 0.2) is 0 Å². The fourth-order valence-corrected chi connectivity index (χ4v) is 2.94. The zero-order valence-electron chi connectivity index (χ0n) is 7.59. The normalized spacial score (nSPS) is 21.5. The van der Waals surface area contributed by atoms with E-state index < -0.39 is 5.60 Å². The fraction of sp³-hybridized carbons (Fsp3) is 0.600. The first-order valence-corrected chi connectivity index (χ1v) is 5.90. The Balaban J connectivity index is 2.35. The molecule has 1 unspecified atom stereocenters. The average Bonchev–Trinajstić information content (AvgIpc) is 2.89. The van der Waals surface area contributed by atoms with Crippen LogP contribution in [0.3, 0.4) is 0 Å². The van der Waals surface area contributed by atoms with E-state index in [1.54, 1.807) is 0 Å². The Hall–Kier alpha value is -0.0500. The molecule has 3 heteroatoms. The Morgan fingerprint density at radius 1 is 1.69 bits per heavy atom. The van der Waals surface area contributed by atoms with E-state index in [0.29, 0.717) is 5.92 Å². The van der Waals surface area contributed by atoms with Gasteiger partial charge in [-0.05, 0) is 36.6 Å². The van der Waals surface area contributed by atoms with Crippen LogP contribution in [0.1, 0.15) is 31.7 Å². The van der Waals surface area contributed by atoms with Crippen molar-refractivity contribution < 1.29 is 5.11 Å². The summed E-state index contributed by atoms with van der Waals surface area (Å²) in [6.45, 7) is 2.02. The first-order valence-electron chi connectivity index (χ1n) is 4.64. The Morgan fingerprint density at radius 3 is 2.77 bits per heavy atom. The van der Waals surface area contributed by atoms with Crippen LogP contribution in [0.2, 0.25) is 4.34 Å². The molecule has 0 saturated heterocycles. The van der Waals surface area contributed by atoms with Gasteiger partial charge in [-0.1, -0.05) is 18.5 Å². The third-order valence-corrected chi connectivity index (χ3v) is 4.05. The monoisotopic (exact) mass is 216 g/mol. The van der Waals surface area contributed by atoms with Crippen molar-refractivity contribution in [1.29, 1.82) is 0 Å². The lowest BCUT2D eigenvalue weighted by molar-refractivity contribution is 0.00941. The molecule has 1 heterocycles. The lowest BCUT2D eigenvalue weighted by Crippen LogP contribution is -2.26. The second-order valence-corrected chi connectivity index (χ2v) is 5.18. The second kappa shape index (κ2) is 3.26. The van der Waals surface area contributed by atoms with Gasteiger partial charge in [0.1, 0.15) is 0 Å². The topological polar surface area (TPSA) is 20.2 Å². The molecular formula is C10H13ClOS. The van der Waals surface area contributed by atoms with Crippen molar-refractivity contribution in [2.45, 2.75) is 31.8 Å². The van der Waals surface area contributed by atoms with E-state index in [0.717, 1.165) is 29.2 Å². The van der Waals surface area contributed by atoms with E-state index in [1.165, 1.54) is 11.3 Å². The predicted molar refractivity (Wildman–Crippen MR) is 56.2 cm³/mol. The lowest BCUT2D eigenvalue weighted by Gasteiger charge is -2.26. The highest BCUT2D eigenvalue weighted by molar-refractivity contribution is 7.14. The maximum absolute atomic E-state index is 10.4. The Bertz CT molecular complexity index is 306. The number of hydrogen-bond donors (Lipinski definition) is 1. The van der Waals surface area contributed by atoms with Crippen molar-refractivity contribution >= 4 is 22.9 Å². The fourth-order valence-electron chi connectivity index (χ4n) is 1.87. The smallest absolute Gasteiger partial charge is 0.0989 e. The molecule has 1 aliphatic rings. The molecule has 1 N–H and O–H groups in total. The number of rotatable bonds is 3. The van der Waals surface area contributed by atoms with Gasteiger partial charge < -0.3 is 5.11 Å². The van der Waals surface area contributed by atoms with Crippen molar-refractivity contribution in [2.24, 2.45) is 5.92 Å². The van der Waals surface area contributed by atoms with Gasteiger partial charge in [0.2, 0.25) is 0 Å². The van der Waals surface area contributed by atoms with Crippen LogP contribution >= 0.6 is 22.9 Å². The highest BCUT2D eigenvalue weighted by Gasteiger charge is 2.44. The van der Waals surface area contributed by atoms with Crippen LogP contribution in [-0.2, 0) is 5.60 Å². The van der Waals surface area contributed by atoms with Crippen LogP contribution in [-0.4, -0.2) is 5.11 Å². The van der Waals surface area contributed by atoms with E-state index in [4.69, 9.17) is 11.6 Å². The van der Waals surface area contributed by atoms with Crippen LogP contribution in [0, 0.1) is 5.92 Å². The molecule has 1 fully saturated rings. The summed E-state index contributed by atoms with van der Waals surface area (Å²) in [6.07, 6.45) is 3.03. The minimum absolute atomic E-state index is 0.435. The Labute approximate surface area is 87.4 Å². The van der Waals surface area contributed by atoms with E-state index in [-0.39, 0.29) is 0 Å². The maximum Gasteiger partial charge on any atom is 0.0989 e. The molecule has 0 bridgehead atoms. The highest BCUT2D eigenvalue weighted by atomic mass is 35.5. The summed E-state index contributed by atoms with van der Waals surface area (Å²) in [5, 5.41) is 12.4. The van der Waals surface area contributed by atoms with E-state index >= 15 is 0 Å². The van der Waals surface area contributed by atoms with Crippen molar-refractivity contribution in [2.75, 3.05) is 0 Å².